The molecule has 0 spiro atoms. The van der Waals surface area contributed by atoms with E-state index < -0.39 is 0 Å². The zero-order valence-electron chi connectivity index (χ0n) is 12.9. The first-order chi connectivity index (χ1) is 9.02. The van der Waals surface area contributed by atoms with Crippen LogP contribution >= 0.6 is 0 Å². The van der Waals surface area contributed by atoms with Crippen LogP contribution in [0.15, 0.2) is 18.2 Å². The van der Waals surface area contributed by atoms with E-state index in [2.05, 4.69) is 45.9 Å². The monoisotopic (exact) mass is 259 g/mol. The van der Waals surface area contributed by atoms with Gasteiger partial charge in [-0.05, 0) is 74.5 Å². The molecular weight excluding hydrogens is 230 g/mol. The highest BCUT2D eigenvalue weighted by atomic mass is 14.6. The van der Waals surface area contributed by atoms with Crippen molar-refractivity contribution in [2.45, 2.75) is 52.9 Å². The number of rotatable bonds is 3. The lowest BCUT2D eigenvalue weighted by molar-refractivity contribution is 0.197. The molecule has 106 valence electrons. The van der Waals surface area contributed by atoms with Crippen molar-refractivity contribution in [3.63, 3.8) is 0 Å². The predicted molar refractivity (Wildman–Crippen MR) is 83.4 cm³/mol. The van der Waals surface area contributed by atoms with Gasteiger partial charge in [0.05, 0.1) is 0 Å². The first kappa shape index (κ1) is 14.6. The number of benzene rings is 1. The zero-order valence-corrected chi connectivity index (χ0v) is 12.9. The molecule has 1 aromatic carbocycles. The van der Waals surface area contributed by atoms with Gasteiger partial charge in [-0.1, -0.05) is 37.6 Å². The van der Waals surface area contributed by atoms with Crippen LogP contribution in [0.25, 0.3) is 0 Å². The standard InChI is InChI=1S/C18H29N/c1-12(2)15-7-8-16(11-19)18(10-15)17-9-13(3)5-6-14(17)4/h5-6,9,12,15-16,18H,7-8,10-11,19H2,1-4H3. The van der Waals surface area contributed by atoms with Gasteiger partial charge in [0.25, 0.3) is 0 Å². The van der Waals surface area contributed by atoms with E-state index in [4.69, 9.17) is 5.73 Å². The Hall–Kier alpha value is -0.820. The minimum Gasteiger partial charge on any atom is -0.330 e. The van der Waals surface area contributed by atoms with Crippen molar-refractivity contribution in [3.05, 3.63) is 34.9 Å². The van der Waals surface area contributed by atoms with E-state index in [1.165, 1.54) is 30.4 Å². The van der Waals surface area contributed by atoms with E-state index >= 15 is 0 Å². The van der Waals surface area contributed by atoms with E-state index in [-0.39, 0.29) is 0 Å². The van der Waals surface area contributed by atoms with E-state index in [9.17, 15) is 0 Å². The molecule has 0 aliphatic heterocycles. The van der Waals surface area contributed by atoms with Crippen molar-refractivity contribution in [1.82, 2.24) is 0 Å². The molecule has 1 aromatic rings. The molecule has 0 aromatic heterocycles. The summed E-state index contributed by atoms with van der Waals surface area (Å²) in [6.45, 7) is 10.0. The lowest BCUT2D eigenvalue weighted by atomic mass is 9.67. The van der Waals surface area contributed by atoms with Crippen LogP contribution in [-0.4, -0.2) is 6.54 Å². The summed E-state index contributed by atoms with van der Waals surface area (Å²) in [4.78, 5) is 0. The fourth-order valence-corrected chi connectivity index (χ4v) is 3.69. The minimum atomic E-state index is 0.672. The van der Waals surface area contributed by atoms with Gasteiger partial charge in [-0.2, -0.15) is 0 Å². The van der Waals surface area contributed by atoms with E-state index in [1.807, 2.05) is 0 Å². The van der Waals surface area contributed by atoms with E-state index in [0.29, 0.717) is 11.8 Å². The summed E-state index contributed by atoms with van der Waals surface area (Å²) in [6, 6.07) is 6.89. The van der Waals surface area contributed by atoms with Gasteiger partial charge in [-0.3, -0.25) is 0 Å². The zero-order chi connectivity index (χ0) is 14.0. The Morgan fingerprint density at radius 3 is 2.58 bits per heavy atom. The summed E-state index contributed by atoms with van der Waals surface area (Å²) >= 11 is 0. The summed E-state index contributed by atoms with van der Waals surface area (Å²) < 4.78 is 0. The highest BCUT2D eigenvalue weighted by Gasteiger charge is 2.32. The number of hydrogen-bond acceptors (Lipinski definition) is 1. The minimum absolute atomic E-state index is 0.672. The molecule has 1 fully saturated rings. The van der Waals surface area contributed by atoms with Gasteiger partial charge >= 0.3 is 0 Å². The largest absolute Gasteiger partial charge is 0.330 e. The fourth-order valence-electron chi connectivity index (χ4n) is 3.69. The Morgan fingerprint density at radius 1 is 1.21 bits per heavy atom. The Labute approximate surface area is 118 Å². The molecule has 0 saturated heterocycles. The van der Waals surface area contributed by atoms with Crippen LogP contribution in [0.5, 0.6) is 0 Å². The summed E-state index contributed by atoms with van der Waals surface area (Å²) in [5.41, 5.74) is 10.4. The molecule has 1 nitrogen and oxygen atoms in total. The first-order valence-corrected chi connectivity index (χ1v) is 7.80. The molecule has 0 heterocycles. The molecule has 1 heteroatoms. The maximum atomic E-state index is 6.04. The Morgan fingerprint density at radius 2 is 1.95 bits per heavy atom. The van der Waals surface area contributed by atoms with Gasteiger partial charge in [-0.25, -0.2) is 0 Å². The Bertz CT molecular complexity index is 422. The first-order valence-electron chi connectivity index (χ1n) is 7.80. The molecule has 2 rings (SSSR count). The Kier molecular flexibility index (Phi) is 4.67. The van der Waals surface area contributed by atoms with Crippen LogP contribution in [0.4, 0.5) is 0 Å². The molecule has 0 amide bonds. The molecule has 3 unspecified atom stereocenters. The normalized spacial score (nSPS) is 27.8. The van der Waals surface area contributed by atoms with Gasteiger partial charge < -0.3 is 5.73 Å². The van der Waals surface area contributed by atoms with Gasteiger partial charge in [0, 0.05) is 0 Å². The second-order valence-electron chi connectivity index (χ2n) is 6.78. The molecular formula is C18H29N. The van der Waals surface area contributed by atoms with Crippen LogP contribution in [-0.2, 0) is 0 Å². The van der Waals surface area contributed by atoms with Crippen molar-refractivity contribution in [2.75, 3.05) is 6.54 Å². The van der Waals surface area contributed by atoms with Crippen molar-refractivity contribution in [2.24, 2.45) is 23.5 Å². The van der Waals surface area contributed by atoms with Gasteiger partial charge in [0.1, 0.15) is 0 Å². The van der Waals surface area contributed by atoms with Crippen LogP contribution in [0.1, 0.15) is 55.7 Å². The number of nitrogens with two attached hydrogens (primary N) is 1. The summed E-state index contributed by atoms with van der Waals surface area (Å²) in [5, 5.41) is 0. The topological polar surface area (TPSA) is 26.0 Å². The van der Waals surface area contributed by atoms with Gasteiger partial charge in [0.15, 0.2) is 0 Å². The molecule has 0 radical (unpaired) electrons. The van der Waals surface area contributed by atoms with Crippen LogP contribution in [0, 0.1) is 31.6 Å². The quantitative estimate of drug-likeness (QED) is 0.854. The molecule has 1 aliphatic carbocycles. The maximum absolute atomic E-state index is 6.04. The fraction of sp³-hybridized carbons (Fsp3) is 0.667. The lowest BCUT2D eigenvalue weighted by Gasteiger charge is -2.38. The maximum Gasteiger partial charge on any atom is -0.00430 e. The van der Waals surface area contributed by atoms with Gasteiger partial charge in [-0.15, -0.1) is 0 Å². The SMILES string of the molecule is Cc1ccc(C)c(C2CC(C(C)C)CCC2CN)c1. The molecule has 0 bridgehead atoms. The summed E-state index contributed by atoms with van der Waals surface area (Å²) in [7, 11) is 0. The van der Waals surface area contributed by atoms with Crippen molar-refractivity contribution in [1.29, 1.82) is 0 Å². The molecule has 1 saturated carbocycles. The number of aryl methyl sites for hydroxylation is 2. The third-order valence-corrected chi connectivity index (χ3v) is 5.11. The third kappa shape index (κ3) is 3.20. The summed E-state index contributed by atoms with van der Waals surface area (Å²) in [6.07, 6.45) is 3.99. The lowest BCUT2D eigenvalue weighted by Crippen LogP contribution is -2.31. The molecule has 2 N–H and O–H groups in total. The summed E-state index contributed by atoms with van der Waals surface area (Å²) in [5.74, 6) is 3.01. The Balaban J connectivity index is 2.29. The smallest absolute Gasteiger partial charge is 0.00430 e. The van der Waals surface area contributed by atoms with E-state index in [0.717, 1.165) is 18.4 Å². The highest BCUT2D eigenvalue weighted by Crippen LogP contribution is 2.43. The second-order valence-corrected chi connectivity index (χ2v) is 6.78. The van der Waals surface area contributed by atoms with Gasteiger partial charge in [0.2, 0.25) is 0 Å². The van der Waals surface area contributed by atoms with Crippen molar-refractivity contribution < 1.29 is 0 Å². The van der Waals surface area contributed by atoms with Crippen LogP contribution in [0.2, 0.25) is 0 Å². The second kappa shape index (κ2) is 6.09. The third-order valence-electron chi connectivity index (χ3n) is 5.11. The highest BCUT2D eigenvalue weighted by molar-refractivity contribution is 5.34. The molecule has 19 heavy (non-hydrogen) atoms. The average Bonchev–Trinajstić information content (AvgIpc) is 2.40. The van der Waals surface area contributed by atoms with Crippen molar-refractivity contribution in [3.8, 4) is 0 Å². The molecule has 3 atom stereocenters. The van der Waals surface area contributed by atoms with Crippen molar-refractivity contribution >= 4 is 0 Å². The van der Waals surface area contributed by atoms with Crippen LogP contribution in [0.3, 0.4) is 0 Å². The van der Waals surface area contributed by atoms with E-state index in [1.54, 1.807) is 5.56 Å². The average molecular weight is 259 g/mol. The number of hydrogen-bond donors (Lipinski definition) is 1. The predicted octanol–water partition coefficient (Wildman–Crippen LogP) is 4.42. The van der Waals surface area contributed by atoms with Crippen LogP contribution < -0.4 is 5.73 Å². The molecule has 1 aliphatic rings.